The van der Waals surface area contributed by atoms with Gasteiger partial charge in [-0.05, 0) is 78.6 Å². The van der Waals surface area contributed by atoms with Crippen molar-refractivity contribution in [2.45, 2.75) is 58.3 Å². The Morgan fingerprint density at radius 3 is 1.67 bits per heavy atom. The van der Waals surface area contributed by atoms with E-state index >= 15 is 0 Å². The van der Waals surface area contributed by atoms with Crippen LogP contribution in [0.3, 0.4) is 0 Å². The molecular weight excluding hydrogens is 540 g/mol. The Hall–Kier alpha value is -3.76. The van der Waals surface area contributed by atoms with Crippen LogP contribution in [0.5, 0.6) is 0 Å². The Balaban J connectivity index is 1.13. The molecule has 2 N–H and O–H groups in total. The predicted molar refractivity (Wildman–Crippen MR) is 152 cm³/mol. The van der Waals surface area contributed by atoms with Crippen LogP contribution in [-0.2, 0) is 18.9 Å². The summed E-state index contributed by atoms with van der Waals surface area (Å²) in [5.74, 6) is -1.32. The molecule has 5 rings (SSSR count). The number of benzene rings is 2. The van der Waals surface area contributed by atoms with E-state index in [4.69, 9.17) is 18.9 Å². The molecule has 3 aliphatic rings. The second kappa shape index (κ2) is 12.2. The molecule has 2 aromatic carbocycles. The molecule has 2 saturated heterocycles. The zero-order valence-corrected chi connectivity index (χ0v) is 24.3. The molecule has 0 aromatic heterocycles. The summed E-state index contributed by atoms with van der Waals surface area (Å²) in [6, 6.07) is 12.7. The maximum atomic E-state index is 13.1. The quantitative estimate of drug-likeness (QED) is 0.305. The van der Waals surface area contributed by atoms with E-state index in [-0.39, 0.29) is 54.1 Å². The van der Waals surface area contributed by atoms with E-state index in [2.05, 4.69) is 31.4 Å². The molecule has 0 bridgehead atoms. The average molecular weight is 579 g/mol. The van der Waals surface area contributed by atoms with Crippen LogP contribution >= 0.6 is 0 Å². The Kier molecular flexibility index (Phi) is 8.65. The lowest BCUT2D eigenvalue weighted by molar-refractivity contribution is 0.0468. The summed E-state index contributed by atoms with van der Waals surface area (Å²) in [7, 11) is 0. The number of ether oxygens (including phenoxy) is 4. The van der Waals surface area contributed by atoms with E-state index in [1.165, 1.54) is 0 Å². The summed E-state index contributed by atoms with van der Waals surface area (Å²) >= 11 is 0. The molecule has 4 atom stereocenters. The largest absolute Gasteiger partial charge is 0.459 e. The van der Waals surface area contributed by atoms with Crippen molar-refractivity contribution in [1.29, 1.82) is 0 Å². The van der Waals surface area contributed by atoms with Gasteiger partial charge in [0.15, 0.2) is 0 Å². The summed E-state index contributed by atoms with van der Waals surface area (Å²) < 4.78 is 20.5. The van der Waals surface area contributed by atoms with Gasteiger partial charge in [-0.1, -0.05) is 20.8 Å². The number of epoxide rings is 2. The SMILES string of the molecule is CC1(C)CC(NC(=O)c2ccc(C(=O)OCC3CO3)cc2)CC(C)(CNC(=O)c2ccc(C(=O)OCC3CO3)cc2)C1. The van der Waals surface area contributed by atoms with Gasteiger partial charge in [0, 0.05) is 23.7 Å². The number of rotatable bonds is 11. The summed E-state index contributed by atoms with van der Waals surface area (Å²) in [5, 5.41) is 6.22. The number of carbonyl (C=O) groups is 4. The molecule has 2 aliphatic heterocycles. The van der Waals surface area contributed by atoms with E-state index in [9.17, 15) is 19.2 Å². The lowest BCUT2D eigenvalue weighted by Crippen LogP contribution is -2.50. The van der Waals surface area contributed by atoms with Crippen LogP contribution in [0.25, 0.3) is 0 Å². The molecule has 0 radical (unpaired) electrons. The molecule has 1 saturated carbocycles. The Morgan fingerprint density at radius 1 is 0.738 bits per heavy atom. The number of esters is 2. The number of nitrogens with one attached hydrogen (secondary N) is 2. The van der Waals surface area contributed by atoms with Crippen LogP contribution in [0.15, 0.2) is 48.5 Å². The summed E-state index contributed by atoms with van der Waals surface area (Å²) in [4.78, 5) is 50.4. The van der Waals surface area contributed by atoms with Gasteiger partial charge in [0.25, 0.3) is 11.8 Å². The third kappa shape index (κ3) is 8.17. The van der Waals surface area contributed by atoms with Crippen LogP contribution in [-0.4, -0.2) is 75.0 Å². The van der Waals surface area contributed by atoms with Crippen molar-refractivity contribution < 1.29 is 38.1 Å². The van der Waals surface area contributed by atoms with Gasteiger partial charge >= 0.3 is 11.9 Å². The Labute approximate surface area is 245 Å². The second-order valence-electron chi connectivity index (χ2n) is 12.7. The van der Waals surface area contributed by atoms with Gasteiger partial charge in [0.05, 0.1) is 24.3 Å². The normalized spacial score (nSPS) is 25.5. The first-order valence-electron chi connectivity index (χ1n) is 14.4. The monoisotopic (exact) mass is 578 g/mol. The Morgan fingerprint density at radius 2 is 1.19 bits per heavy atom. The fraction of sp³-hybridized carbons (Fsp3) is 0.500. The number of hydrogen-bond acceptors (Lipinski definition) is 8. The molecule has 224 valence electrons. The van der Waals surface area contributed by atoms with Gasteiger partial charge < -0.3 is 29.6 Å². The molecule has 2 aromatic rings. The molecule has 0 spiro atoms. The van der Waals surface area contributed by atoms with E-state index in [1.807, 2.05) is 0 Å². The van der Waals surface area contributed by atoms with Crippen molar-refractivity contribution in [3.05, 3.63) is 70.8 Å². The van der Waals surface area contributed by atoms with Crippen molar-refractivity contribution in [3.63, 3.8) is 0 Å². The maximum Gasteiger partial charge on any atom is 0.338 e. The lowest BCUT2D eigenvalue weighted by Gasteiger charge is -2.47. The first-order chi connectivity index (χ1) is 20.0. The van der Waals surface area contributed by atoms with Gasteiger partial charge in [-0.3, -0.25) is 9.59 Å². The fourth-order valence-corrected chi connectivity index (χ4v) is 5.88. The predicted octanol–water partition coefficient (Wildman–Crippen LogP) is 3.54. The minimum Gasteiger partial charge on any atom is -0.459 e. The van der Waals surface area contributed by atoms with Gasteiger partial charge in [-0.2, -0.15) is 0 Å². The Bertz CT molecular complexity index is 1320. The van der Waals surface area contributed by atoms with Crippen LogP contribution < -0.4 is 10.6 Å². The zero-order valence-electron chi connectivity index (χ0n) is 24.3. The lowest BCUT2D eigenvalue weighted by atomic mass is 9.62. The number of amides is 2. The van der Waals surface area contributed by atoms with E-state index < -0.39 is 11.9 Å². The molecule has 2 amide bonds. The first kappa shape index (κ1) is 29.7. The topological polar surface area (TPSA) is 136 Å². The third-order valence-corrected chi connectivity index (χ3v) is 7.83. The first-order valence-corrected chi connectivity index (χ1v) is 14.4. The van der Waals surface area contributed by atoms with Crippen LogP contribution in [0, 0.1) is 10.8 Å². The van der Waals surface area contributed by atoms with Crippen molar-refractivity contribution in [2.24, 2.45) is 10.8 Å². The maximum absolute atomic E-state index is 13.1. The number of carbonyl (C=O) groups excluding carboxylic acids is 4. The van der Waals surface area contributed by atoms with Crippen LogP contribution in [0.4, 0.5) is 0 Å². The highest BCUT2D eigenvalue weighted by Crippen LogP contribution is 2.45. The highest BCUT2D eigenvalue weighted by molar-refractivity contribution is 5.97. The highest BCUT2D eigenvalue weighted by Gasteiger charge is 2.42. The van der Waals surface area contributed by atoms with E-state index in [1.54, 1.807) is 48.5 Å². The number of hydrogen-bond donors (Lipinski definition) is 2. The van der Waals surface area contributed by atoms with Crippen LogP contribution in [0.1, 0.15) is 81.5 Å². The standard InChI is InChI=1S/C32H38N2O8/c1-31(2)12-24(34-28(36)21-6-10-23(11-7-21)30(38)42-17-26-15-40-26)13-32(3,18-31)19-33-27(35)20-4-8-22(9-5-20)29(37)41-16-25-14-39-25/h4-11,24-26H,12-19H2,1-3H3,(H,33,35)(H,34,36). The van der Waals surface area contributed by atoms with E-state index in [0.717, 1.165) is 12.8 Å². The molecule has 10 heteroatoms. The third-order valence-electron chi connectivity index (χ3n) is 7.83. The van der Waals surface area contributed by atoms with Gasteiger partial charge in [0.1, 0.15) is 25.4 Å². The highest BCUT2D eigenvalue weighted by atomic mass is 16.6. The fourth-order valence-electron chi connectivity index (χ4n) is 5.88. The van der Waals surface area contributed by atoms with Crippen LogP contribution in [0.2, 0.25) is 0 Å². The minimum absolute atomic E-state index is 0.00498. The van der Waals surface area contributed by atoms with Crippen molar-refractivity contribution in [3.8, 4) is 0 Å². The summed E-state index contributed by atoms with van der Waals surface area (Å²) in [6.45, 7) is 8.60. The molecule has 3 fully saturated rings. The molecule has 42 heavy (non-hydrogen) atoms. The zero-order chi connectivity index (χ0) is 29.9. The minimum atomic E-state index is -0.444. The second-order valence-corrected chi connectivity index (χ2v) is 12.7. The molecule has 4 unspecified atom stereocenters. The smallest absolute Gasteiger partial charge is 0.338 e. The molecule has 2 heterocycles. The van der Waals surface area contributed by atoms with Gasteiger partial charge in [-0.25, -0.2) is 9.59 Å². The molecule has 10 nitrogen and oxygen atoms in total. The van der Waals surface area contributed by atoms with Crippen molar-refractivity contribution >= 4 is 23.8 Å². The summed E-state index contributed by atoms with van der Waals surface area (Å²) in [5.41, 5.74) is 1.38. The van der Waals surface area contributed by atoms with Gasteiger partial charge in [-0.15, -0.1) is 0 Å². The van der Waals surface area contributed by atoms with Gasteiger partial charge in [0.2, 0.25) is 0 Å². The molecular formula is C32H38N2O8. The molecule has 1 aliphatic carbocycles. The van der Waals surface area contributed by atoms with E-state index in [0.29, 0.717) is 48.4 Å². The summed E-state index contributed by atoms with van der Waals surface area (Å²) in [6.07, 6.45) is 2.38. The average Bonchev–Trinajstić information content (AvgIpc) is 3.88. The van der Waals surface area contributed by atoms with Crippen molar-refractivity contribution in [2.75, 3.05) is 33.0 Å². The van der Waals surface area contributed by atoms with Crippen molar-refractivity contribution in [1.82, 2.24) is 10.6 Å².